The van der Waals surface area contributed by atoms with Crippen LogP contribution >= 0.6 is 11.6 Å². The lowest BCUT2D eigenvalue weighted by Gasteiger charge is -2.34. The van der Waals surface area contributed by atoms with Crippen molar-refractivity contribution in [2.75, 3.05) is 18.0 Å². The second kappa shape index (κ2) is 8.40. The average Bonchev–Trinajstić information content (AvgIpc) is 3.03. The molecule has 7 nitrogen and oxygen atoms in total. The molecule has 0 radical (unpaired) electrons. The molecular weight excluding hydrogens is 416 g/mol. The van der Waals surface area contributed by atoms with Crippen molar-refractivity contribution in [1.82, 2.24) is 10.3 Å². The standard InChI is InChI=1S/C23H25ClN4O3/c1-14-12-15(19-20(29)23(2,3)31-27-19)8-9-17(14)22(30)28(16-6-4-10-25-13-16)21-18(24)7-5-11-26-21/h5,7-9,11-12,16,25H,4,6,10,13H2,1-3H3. The summed E-state index contributed by atoms with van der Waals surface area (Å²) >= 11 is 6.42. The lowest BCUT2D eigenvalue weighted by atomic mass is 9.93. The Morgan fingerprint density at radius 1 is 1.32 bits per heavy atom. The molecule has 1 aromatic heterocycles. The number of benzene rings is 1. The normalized spacial score (nSPS) is 20.2. The molecule has 4 rings (SSSR count). The first-order valence-corrected chi connectivity index (χ1v) is 10.7. The number of amides is 1. The summed E-state index contributed by atoms with van der Waals surface area (Å²) < 4.78 is 0. The van der Waals surface area contributed by atoms with Gasteiger partial charge < -0.3 is 10.2 Å². The summed E-state index contributed by atoms with van der Waals surface area (Å²) in [5.41, 5.74) is 1.20. The van der Waals surface area contributed by atoms with E-state index in [4.69, 9.17) is 16.4 Å². The second-order valence-corrected chi connectivity index (χ2v) is 8.79. The maximum atomic E-state index is 13.7. The molecular formula is C23H25ClN4O3. The van der Waals surface area contributed by atoms with Crippen LogP contribution in [-0.4, -0.2) is 47.1 Å². The van der Waals surface area contributed by atoms with Crippen LogP contribution in [0.5, 0.6) is 0 Å². The highest BCUT2D eigenvalue weighted by molar-refractivity contribution is 6.49. The molecule has 2 aliphatic heterocycles. The minimum absolute atomic E-state index is 0.0530. The summed E-state index contributed by atoms with van der Waals surface area (Å²) in [6.07, 6.45) is 3.47. The monoisotopic (exact) mass is 440 g/mol. The molecule has 0 aliphatic carbocycles. The molecule has 162 valence electrons. The molecule has 31 heavy (non-hydrogen) atoms. The van der Waals surface area contributed by atoms with Gasteiger partial charge in [-0.2, -0.15) is 0 Å². The van der Waals surface area contributed by atoms with Crippen LogP contribution in [0.2, 0.25) is 5.02 Å². The van der Waals surface area contributed by atoms with E-state index in [1.54, 1.807) is 55.3 Å². The van der Waals surface area contributed by atoms with E-state index < -0.39 is 5.60 Å². The summed E-state index contributed by atoms with van der Waals surface area (Å²) in [4.78, 5) is 37.6. The van der Waals surface area contributed by atoms with Crippen molar-refractivity contribution in [3.63, 3.8) is 0 Å². The zero-order chi connectivity index (χ0) is 22.2. The molecule has 1 atom stereocenters. The number of carbonyl (C=O) groups excluding carboxylic acids is 2. The second-order valence-electron chi connectivity index (χ2n) is 8.38. The third-order valence-electron chi connectivity index (χ3n) is 5.68. The number of nitrogens with one attached hydrogen (secondary N) is 1. The highest BCUT2D eigenvalue weighted by atomic mass is 35.5. The van der Waals surface area contributed by atoms with Crippen molar-refractivity contribution in [2.24, 2.45) is 5.16 Å². The average molecular weight is 441 g/mol. The largest absolute Gasteiger partial charge is 0.381 e. The van der Waals surface area contributed by atoms with Crippen LogP contribution in [0.4, 0.5) is 5.82 Å². The molecule has 0 bridgehead atoms. The number of Topliss-reactive ketones (excluding diaryl/α,β-unsaturated/α-hetero) is 1. The number of nitrogens with zero attached hydrogens (tertiary/aromatic N) is 3. The zero-order valence-electron chi connectivity index (χ0n) is 17.8. The Morgan fingerprint density at radius 3 is 2.74 bits per heavy atom. The summed E-state index contributed by atoms with van der Waals surface area (Å²) in [6, 6.07) is 8.69. The van der Waals surface area contributed by atoms with Crippen molar-refractivity contribution in [3.05, 3.63) is 58.2 Å². The summed E-state index contributed by atoms with van der Waals surface area (Å²) in [6.45, 7) is 6.82. The predicted octanol–water partition coefficient (Wildman–Crippen LogP) is 3.52. The van der Waals surface area contributed by atoms with Crippen LogP contribution in [0, 0.1) is 6.92 Å². The number of aromatic nitrogens is 1. The first kappa shape index (κ1) is 21.5. The van der Waals surface area contributed by atoms with Crippen molar-refractivity contribution in [1.29, 1.82) is 0 Å². The SMILES string of the molecule is Cc1cc(C2=NOC(C)(C)C2=O)ccc1C(=O)N(c1ncccc1Cl)C1CCCNC1. The van der Waals surface area contributed by atoms with E-state index in [-0.39, 0.29) is 23.4 Å². The Bertz CT molecular complexity index is 1060. The number of carbonyl (C=O) groups is 2. The summed E-state index contributed by atoms with van der Waals surface area (Å²) in [5.74, 6) is 0.104. The summed E-state index contributed by atoms with van der Waals surface area (Å²) in [7, 11) is 0. The lowest BCUT2D eigenvalue weighted by Crippen LogP contribution is -2.49. The van der Waals surface area contributed by atoms with E-state index in [1.807, 2.05) is 6.92 Å². The van der Waals surface area contributed by atoms with Crippen molar-refractivity contribution >= 4 is 34.8 Å². The van der Waals surface area contributed by atoms with Gasteiger partial charge in [-0.3, -0.25) is 14.5 Å². The van der Waals surface area contributed by atoms with Crippen LogP contribution in [0.1, 0.15) is 48.2 Å². The number of hydrogen-bond donors (Lipinski definition) is 1. The van der Waals surface area contributed by atoms with Gasteiger partial charge in [-0.05, 0) is 70.0 Å². The maximum absolute atomic E-state index is 13.7. The Kier molecular flexibility index (Phi) is 5.81. The van der Waals surface area contributed by atoms with Crippen molar-refractivity contribution < 1.29 is 14.4 Å². The van der Waals surface area contributed by atoms with Crippen LogP contribution in [0.15, 0.2) is 41.7 Å². The maximum Gasteiger partial charge on any atom is 0.260 e. The number of hydrogen-bond acceptors (Lipinski definition) is 6. The number of rotatable bonds is 4. The number of halogens is 1. The fourth-order valence-electron chi connectivity index (χ4n) is 3.94. The molecule has 1 fully saturated rings. The van der Waals surface area contributed by atoms with Gasteiger partial charge >= 0.3 is 0 Å². The van der Waals surface area contributed by atoms with Gasteiger partial charge in [0.2, 0.25) is 5.78 Å². The van der Waals surface area contributed by atoms with Crippen LogP contribution < -0.4 is 10.2 Å². The van der Waals surface area contributed by atoms with Gasteiger partial charge in [0.25, 0.3) is 5.91 Å². The summed E-state index contributed by atoms with van der Waals surface area (Å²) in [5, 5.41) is 7.74. The molecule has 1 amide bonds. The third-order valence-corrected chi connectivity index (χ3v) is 5.97. The fraction of sp³-hybridized carbons (Fsp3) is 0.391. The zero-order valence-corrected chi connectivity index (χ0v) is 18.6. The smallest absolute Gasteiger partial charge is 0.260 e. The van der Waals surface area contributed by atoms with Gasteiger partial charge in [-0.25, -0.2) is 4.98 Å². The molecule has 2 aromatic rings. The van der Waals surface area contributed by atoms with Crippen LogP contribution in [-0.2, 0) is 9.63 Å². The minimum Gasteiger partial charge on any atom is -0.381 e. The topological polar surface area (TPSA) is 83.9 Å². The number of aryl methyl sites for hydroxylation is 1. The Labute approximate surface area is 186 Å². The van der Waals surface area contributed by atoms with Gasteiger partial charge in [-0.1, -0.05) is 22.8 Å². The van der Waals surface area contributed by atoms with Gasteiger partial charge in [-0.15, -0.1) is 0 Å². The quantitative estimate of drug-likeness (QED) is 0.786. The number of ketones is 1. The van der Waals surface area contributed by atoms with E-state index >= 15 is 0 Å². The molecule has 1 saturated heterocycles. The van der Waals surface area contributed by atoms with Gasteiger partial charge in [0.05, 0.1) is 11.1 Å². The van der Waals surface area contributed by atoms with Gasteiger partial charge in [0, 0.05) is 23.9 Å². The minimum atomic E-state index is -0.974. The molecule has 1 N–H and O–H groups in total. The molecule has 1 unspecified atom stereocenters. The van der Waals surface area contributed by atoms with Crippen LogP contribution in [0.25, 0.3) is 0 Å². The van der Waals surface area contributed by atoms with Crippen molar-refractivity contribution in [2.45, 2.75) is 45.3 Å². The van der Waals surface area contributed by atoms with E-state index in [0.717, 1.165) is 24.9 Å². The van der Waals surface area contributed by atoms with E-state index in [0.29, 0.717) is 28.5 Å². The first-order chi connectivity index (χ1) is 14.8. The Morgan fingerprint density at radius 2 is 2.13 bits per heavy atom. The van der Waals surface area contributed by atoms with E-state index in [2.05, 4.69) is 15.5 Å². The molecule has 2 aliphatic rings. The number of piperidine rings is 1. The Hall–Kier alpha value is -2.77. The molecule has 1 aromatic carbocycles. The third kappa shape index (κ3) is 4.07. The van der Waals surface area contributed by atoms with Gasteiger partial charge in [0.1, 0.15) is 0 Å². The molecule has 0 saturated carbocycles. The predicted molar refractivity (Wildman–Crippen MR) is 120 cm³/mol. The van der Waals surface area contributed by atoms with E-state index in [9.17, 15) is 9.59 Å². The van der Waals surface area contributed by atoms with Crippen LogP contribution in [0.3, 0.4) is 0 Å². The highest BCUT2D eigenvalue weighted by Crippen LogP contribution is 2.30. The fourth-order valence-corrected chi connectivity index (χ4v) is 4.15. The lowest BCUT2D eigenvalue weighted by molar-refractivity contribution is -0.128. The molecule has 3 heterocycles. The first-order valence-electron chi connectivity index (χ1n) is 10.4. The number of anilines is 1. The highest BCUT2D eigenvalue weighted by Gasteiger charge is 2.40. The van der Waals surface area contributed by atoms with Crippen molar-refractivity contribution in [3.8, 4) is 0 Å². The molecule has 0 spiro atoms. The number of oxime groups is 1. The number of pyridine rings is 1. The Balaban J connectivity index is 1.69. The van der Waals surface area contributed by atoms with E-state index in [1.165, 1.54) is 0 Å². The van der Waals surface area contributed by atoms with Gasteiger partial charge in [0.15, 0.2) is 17.1 Å². The molecule has 8 heteroatoms.